The van der Waals surface area contributed by atoms with Crippen LogP contribution in [0.15, 0.2) is 36.4 Å². The van der Waals surface area contributed by atoms with Gasteiger partial charge in [0.1, 0.15) is 22.7 Å². The van der Waals surface area contributed by atoms with Crippen molar-refractivity contribution < 1.29 is 4.74 Å². The number of nitrogens with one attached hydrogen (secondary N) is 1. The zero-order valence-electron chi connectivity index (χ0n) is 20.7. The van der Waals surface area contributed by atoms with Gasteiger partial charge in [0.2, 0.25) is 5.95 Å². The SMILES string of the molecule is COc1ccccc1C1(N)CCN(c2nc(C#N)c3c(-c4ccc5nn(C)c(Cl)c5c4Cl)n[nH]c3n2)CC1. The Morgan fingerprint density at radius 3 is 2.61 bits per heavy atom. The molecule has 192 valence electrons. The van der Waals surface area contributed by atoms with Gasteiger partial charge in [0.05, 0.1) is 28.4 Å². The number of piperidine rings is 1. The van der Waals surface area contributed by atoms with E-state index in [4.69, 9.17) is 38.7 Å². The van der Waals surface area contributed by atoms with Crippen molar-refractivity contribution in [3.05, 3.63) is 57.8 Å². The summed E-state index contributed by atoms with van der Waals surface area (Å²) >= 11 is 13.2. The highest BCUT2D eigenvalue weighted by Gasteiger charge is 2.35. The number of methoxy groups -OCH3 is 1. The van der Waals surface area contributed by atoms with Crippen LogP contribution < -0.4 is 15.4 Å². The van der Waals surface area contributed by atoms with E-state index in [0.717, 1.165) is 11.3 Å². The lowest BCUT2D eigenvalue weighted by Gasteiger charge is -2.40. The molecule has 0 amide bonds. The number of H-pyrrole nitrogens is 1. The third-order valence-electron chi connectivity index (χ3n) is 7.22. The van der Waals surface area contributed by atoms with Gasteiger partial charge in [0.25, 0.3) is 0 Å². The van der Waals surface area contributed by atoms with E-state index in [1.807, 2.05) is 41.3 Å². The number of hydrogen-bond acceptors (Lipinski definition) is 8. The third kappa shape index (κ3) is 3.74. The summed E-state index contributed by atoms with van der Waals surface area (Å²) in [5.41, 5.74) is 9.69. The lowest BCUT2D eigenvalue weighted by Crippen LogP contribution is -2.48. The van der Waals surface area contributed by atoms with Gasteiger partial charge in [0, 0.05) is 36.8 Å². The highest BCUT2D eigenvalue weighted by atomic mass is 35.5. The first-order valence-corrected chi connectivity index (χ1v) is 12.7. The number of nitrogens with zero attached hydrogens (tertiary/aromatic N) is 7. The van der Waals surface area contributed by atoms with Crippen LogP contribution in [0.2, 0.25) is 10.2 Å². The van der Waals surface area contributed by atoms with E-state index in [2.05, 4.69) is 26.3 Å². The summed E-state index contributed by atoms with van der Waals surface area (Å²) < 4.78 is 7.10. The number of rotatable bonds is 4. The molecule has 0 aliphatic carbocycles. The molecule has 1 saturated heterocycles. The molecule has 1 aliphatic heterocycles. The van der Waals surface area contributed by atoms with Crippen LogP contribution >= 0.6 is 23.2 Å². The Bertz CT molecular complexity index is 1750. The summed E-state index contributed by atoms with van der Waals surface area (Å²) in [6.45, 7) is 1.24. The van der Waals surface area contributed by atoms with Crippen LogP contribution in [0.3, 0.4) is 0 Å². The number of ether oxygens (including phenoxy) is 1. The average molecular weight is 548 g/mol. The lowest BCUT2D eigenvalue weighted by molar-refractivity contribution is 0.320. The van der Waals surface area contributed by atoms with Crippen molar-refractivity contribution >= 4 is 51.1 Å². The smallest absolute Gasteiger partial charge is 0.228 e. The van der Waals surface area contributed by atoms with E-state index < -0.39 is 5.54 Å². The van der Waals surface area contributed by atoms with Crippen LogP contribution in [-0.4, -0.2) is 50.1 Å². The second kappa shape index (κ2) is 9.13. The second-order valence-corrected chi connectivity index (χ2v) is 10.1. The highest BCUT2D eigenvalue weighted by molar-refractivity contribution is 6.43. The minimum atomic E-state index is -0.532. The Balaban J connectivity index is 1.35. The fraction of sp³-hybridized carbons (Fsp3) is 0.269. The first-order chi connectivity index (χ1) is 18.3. The molecule has 0 atom stereocenters. The zero-order chi connectivity index (χ0) is 26.6. The number of aromatic amines is 1. The molecule has 10 nitrogen and oxygen atoms in total. The first kappa shape index (κ1) is 24.4. The van der Waals surface area contributed by atoms with E-state index in [9.17, 15) is 5.26 Å². The maximum absolute atomic E-state index is 10.0. The van der Waals surface area contributed by atoms with Gasteiger partial charge < -0.3 is 15.4 Å². The third-order valence-corrected chi connectivity index (χ3v) is 8.04. The van der Waals surface area contributed by atoms with Gasteiger partial charge in [-0.2, -0.15) is 20.4 Å². The Morgan fingerprint density at radius 2 is 1.87 bits per heavy atom. The molecule has 6 rings (SSSR count). The number of aryl methyl sites for hydroxylation is 1. The van der Waals surface area contributed by atoms with Crippen LogP contribution in [0.5, 0.6) is 5.75 Å². The lowest BCUT2D eigenvalue weighted by atomic mass is 9.81. The Kier molecular flexibility index (Phi) is 5.87. The van der Waals surface area contributed by atoms with Crippen molar-refractivity contribution in [3.63, 3.8) is 0 Å². The largest absolute Gasteiger partial charge is 0.496 e. The van der Waals surface area contributed by atoms with E-state index >= 15 is 0 Å². The number of aromatic nitrogens is 6. The molecule has 0 spiro atoms. The van der Waals surface area contributed by atoms with Crippen LogP contribution in [0, 0.1) is 11.3 Å². The van der Waals surface area contributed by atoms with Gasteiger partial charge in [0.15, 0.2) is 11.3 Å². The second-order valence-electron chi connectivity index (χ2n) is 9.36. The van der Waals surface area contributed by atoms with Crippen molar-refractivity contribution in [2.24, 2.45) is 12.8 Å². The molecule has 1 aliphatic rings. The van der Waals surface area contributed by atoms with E-state index in [1.54, 1.807) is 18.8 Å². The number of halogens is 2. The molecular formula is C26H23Cl2N9O. The highest BCUT2D eigenvalue weighted by Crippen LogP contribution is 2.40. The molecule has 3 N–H and O–H groups in total. The summed E-state index contributed by atoms with van der Waals surface area (Å²) in [5, 5.41) is 23.7. The quantitative estimate of drug-likeness (QED) is 0.334. The summed E-state index contributed by atoms with van der Waals surface area (Å²) in [4.78, 5) is 11.4. The predicted octanol–water partition coefficient (Wildman–Crippen LogP) is 4.55. The molecule has 2 aromatic carbocycles. The molecule has 0 bridgehead atoms. The van der Waals surface area contributed by atoms with E-state index in [0.29, 0.717) is 75.2 Å². The van der Waals surface area contributed by atoms with Crippen molar-refractivity contribution in [1.29, 1.82) is 5.26 Å². The number of anilines is 1. The molecule has 0 saturated carbocycles. The Labute approximate surface area is 227 Å². The number of nitrogens with two attached hydrogens (primary N) is 1. The zero-order valence-corrected chi connectivity index (χ0v) is 22.2. The molecule has 38 heavy (non-hydrogen) atoms. The first-order valence-electron chi connectivity index (χ1n) is 12.0. The van der Waals surface area contributed by atoms with Crippen molar-refractivity contribution in [2.75, 3.05) is 25.1 Å². The molecular weight excluding hydrogens is 525 g/mol. The maximum atomic E-state index is 10.0. The van der Waals surface area contributed by atoms with Gasteiger partial charge in [-0.05, 0) is 31.0 Å². The van der Waals surface area contributed by atoms with Gasteiger partial charge in [-0.1, -0.05) is 41.4 Å². The van der Waals surface area contributed by atoms with Crippen LogP contribution in [0.4, 0.5) is 5.95 Å². The minimum absolute atomic E-state index is 0.205. The predicted molar refractivity (Wildman–Crippen MR) is 146 cm³/mol. The van der Waals surface area contributed by atoms with Gasteiger partial charge in [-0.25, -0.2) is 4.98 Å². The number of fused-ring (bicyclic) bond motifs is 2. The number of para-hydroxylation sites is 1. The molecule has 4 heterocycles. The molecule has 12 heteroatoms. The van der Waals surface area contributed by atoms with Crippen molar-refractivity contribution in [2.45, 2.75) is 18.4 Å². The van der Waals surface area contributed by atoms with Crippen LogP contribution in [-0.2, 0) is 12.6 Å². The summed E-state index contributed by atoms with van der Waals surface area (Å²) in [7, 11) is 3.40. The Morgan fingerprint density at radius 1 is 1.11 bits per heavy atom. The number of hydrogen-bond donors (Lipinski definition) is 2. The van der Waals surface area contributed by atoms with Crippen molar-refractivity contribution in [3.8, 4) is 23.1 Å². The van der Waals surface area contributed by atoms with Crippen LogP contribution in [0.25, 0.3) is 33.2 Å². The normalized spacial score (nSPS) is 15.2. The Hall–Kier alpha value is -3.91. The summed E-state index contributed by atoms with van der Waals surface area (Å²) in [6.07, 6.45) is 1.35. The topological polar surface area (TPSA) is 135 Å². The van der Waals surface area contributed by atoms with E-state index in [-0.39, 0.29) is 5.69 Å². The average Bonchev–Trinajstić information content (AvgIpc) is 3.49. The van der Waals surface area contributed by atoms with Gasteiger partial charge in [-0.3, -0.25) is 9.78 Å². The molecule has 0 unspecified atom stereocenters. The summed E-state index contributed by atoms with van der Waals surface area (Å²) in [6, 6.07) is 13.7. The fourth-order valence-electron chi connectivity index (χ4n) is 5.16. The summed E-state index contributed by atoms with van der Waals surface area (Å²) in [5.74, 6) is 1.23. The molecule has 0 radical (unpaired) electrons. The van der Waals surface area contributed by atoms with Gasteiger partial charge >= 0.3 is 0 Å². The molecule has 5 aromatic rings. The molecule has 1 fully saturated rings. The van der Waals surface area contributed by atoms with Gasteiger partial charge in [-0.15, -0.1) is 0 Å². The fourth-order valence-corrected chi connectivity index (χ4v) is 5.78. The van der Waals surface area contributed by atoms with Crippen LogP contribution in [0.1, 0.15) is 24.1 Å². The maximum Gasteiger partial charge on any atom is 0.228 e. The van der Waals surface area contributed by atoms with Crippen molar-refractivity contribution in [1.82, 2.24) is 29.9 Å². The standard InChI is InChI=1S/C26H23Cl2N9O/c1-36-23(28)19-16(35-36)8-7-14(21(19)27)22-20-17(13-29)31-25(32-24(20)34-33-22)37-11-9-26(30,10-12-37)15-5-3-4-6-18(15)38-2/h3-8H,9-12,30H2,1-2H3,(H,31,32,33,34). The molecule has 3 aromatic heterocycles. The minimum Gasteiger partial charge on any atom is -0.496 e. The monoisotopic (exact) mass is 547 g/mol. The number of nitriles is 1. The number of benzene rings is 2. The van der Waals surface area contributed by atoms with E-state index in [1.165, 1.54) is 0 Å².